The molecule has 3 fully saturated rings. The molecule has 0 radical (unpaired) electrons. The molecule has 3 aliphatic rings. The molecule has 218 valence electrons. The van der Waals surface area contributed by atoms with Crippen LogP contribution in [0.1, 0.15) is 87.8 Å². The van der Waals surface area contributed by atoms with E-state index in [1.807, 2.05) is 54.3 Å². The molecule has 1 aliphatic heterocycles. The Morgan fingerprint density at radius 3 is 2.46 bits per heavy atom. The van der Waals surface area contributed by atoms with Crippen LogP contribution in [-0.2, 0) is 17.8 Å². The van der Waals surface area contributed by atoms with Gasteiger partial charge in [0.05, 0.1) is 17.6 Å². The van der Waals surface area contributed by atoms with Crippen molar-refractivity contribution in [1.29, 1.82) is 0 Å². The Hall–Kier alpha value is -2.70. The zero-order valence-corrected chi connectivity index (χ0v) is 25.7. The first-order chi connectivity index (χ1) is 20.1. The molecule has 41 heavy (non-hydrogen) atoms. The normalized spacial score (nSPS) is 20.6. The summed E-state index contributed by atoms with van der Waals surface area (Å²) in [5, 5.41) is 1.57. The maximum absolute atomic E-state index is 13.9. The minimum absolute atomic E-state index is 0.0822. The molecule has 1 saturated heterocycles. The largest absolute Gasteiger partial charge is 0.490 e. The Labute approximate surface area is 254 Å². The van der Waals surface area contributed by atoms with Gasteiger partial charge in [-0.1, -0.05) is 74.4 Å². The average Bonchev–Trinajstić information content (AvgIpc) is 3.28. The van der Waals surface area contributed by atoms with Crippen molar-refractivity contribution >= 4 is 40.5 Å². The van der Waals surface area contributed by atoms with Gasteiger partial charge < -0.3 is 9.47 Å². The second-order valence-electron chi connectivity index (χ2n) is 11.1. The number of amidine groups is 1. The van der Waals surface area contributed by atoms with Crippen molar-refractivity contribution in [3.63, 3.8) is 0 Å². The molecule has 0 aromatic heterocycles. The molecule has 0 unspecified atom stereocenters. The summed E-state index contributed by atoms with van der Waals surface area (Å²) in [5.74, 6) is 1.42. The number of amides is 1. The number of ether oxygens (including phenoxy) is 2. The highest BCUT2D eigenvalue weighted by molar-refractivity contribution is 8.18. The molecule has 5 nitrogen and oxygen atoms in total. The van der Waals surface area contributed by atoms with Gasteiger partial charge in [0, 0.05) is 22.2 Å². The second kappa shape index (κ2) is 14.5. The molecule has 0 N–H and O–H groups in total. The smallest absolute Gasteiger partial charge is 0.266 e. The molecule has 2 aromatic rings. The molecule has 2 aromatic carbocycles. The van der Waals surface area contributed by atoms with E-state index in [-0.39, 0.29) is 11.9 Å². The van der Waals surface area contributed by atoms with Crippen LogP contribution in [0, 0.1) is 0 Å². The zero-order chi connectivity index (χ0) is 28.6. The lowest BCUT2D eigenvalue weighted by Gasteiger charge is -2.31. The van der Waals surface area contributed by atoms with Gasteiger partial charge in [0.1, 0.15) is 6.61 Å². The van der Waals surface area contributed by atoms with Crippen molar-refractivity contribution in [3.8, 4) is 11.5 Å². The van der Waals surface area contributed by atoms with Crippen LogP contribution < -0.4 is 9.47 Å². The van der Waals surface area contributed by atoms with Crippen molar-refractivity contribution in [2.45, 2.75) is 96.2 Å². The topological polar surface area (TPSA) is 51.1 Å². The van der Waals surface area contributed by atoms with Crippen LogP contribution in [0.15, 0.2) is 59.0 Å². The first-order valence-electron chi connectivity index (χ1n) is 15.1. The van der Waals surface area contributed by atoms with Crippen LogP contribution >= 0.6 is 23.4 Å². The minimum atomic E-state index is 0.0822. The number of carbonyl (C=O) groups is 1. The second-order valence-corrected chi connectivity index (χ2v) is 12.5. The number of allylic oxidation sites excluding steroid dienone is 1. The first-order valence-corrected chi connectivity index (χ1v) is 16.3. The fourth-order valence-corrected chi connectivity index (χ4v) is 7.32. The molecule has 7 heteroatoms. The Balaban J connectivity index is 1.46. The number of hydrogen-bond donors (Lipinski definition) is 0. The Bertz CT molecular complexity index is 1290. The van der Waals surface area contributed by atoms with E-state index in [0.29, 0.717) is 42.2 Å². The van der Waals surface area contributed by atoms with Gasteiger partial charge in [0.2, 0.25) is 0 Å². The van der Waals surface area contributed by atoms with E-state index in [1.54, 1.807) is 11.8 Å². The Kier molecular flexibility index (Phi) is 10.5. The van der Waals surface area contributed by atoms with E-state index < -0.39 is 0 Å². The average molecular weight is 593 g/mol. The Morgan fingerprint density at radius 2 is 1.76 bits per heavy atom. The lowest BCUT2D eigenvalue weighted by atomic mass is 9.94. The number of nitrogens with zero attached hydrogens (tertiary/aromatic N) is 2. The van der Waals surface area contributed by atoms with Crippen LogP contribution in [-0.4, -0.2) is 34.7 Å². The maximum Gasteiger partial charge on any atom is 0.266 e. The summed E-state index contributed by atoms with van der Waals surface area (Å²) in [6.45, 7) is 6.75. The summed E-state index contributed by atoms with van der Waals surface area (Å²) in [5.41, 5.74) is 2.78. The third-order valence-electron chi connectivity index (χ3n) is 8.09. The van der Waals surface area contributed by atoms with E-state index in [9.17, 15) is 4.79 Å². The van der Waals surface area contributed by atoms with Crippen LogP contribution in [0.5, 0.6) is 11.5 Å². The maximum atomic E-state index is 13.9. The molecular formula is C34H41ClN2O3S. The van der Waals surface area contributed by atoms with Gasteiger partial charge in [-0.3, -0.25) is 14.7 Å². The highest BCUT2D eigenvalue weighted by atomic mass is 35.5. The van der Waals surface area contributed by atoms with Crippen molar-refractivity contribution in [1.82, 2.24) is 4.90 Å². The first kappa shape index (κ1) is 29.8. The number of thioether (sulfide) groups is 1. The minimum Gasteiger partial charge on any atom is -0.490 e. The Morgan fingerprint density at radius 1 is 1.02 bits per heavy atom. The summed E-state index contributed by atoms with van der Waals surface area (Å²) < 4.78 is 12.4. The fourth-order valence-electron chi connectivity index (χ4n) is 6.02. The molecule has 0 bridgehead atoms. The summed E-state index contributed by atoms with van der Waals surface area (Å²) >= 11 is 7.93. The van der Waals surface area contributed by atoms with E-state index in [2.05, 4.69) is 12.6 Å². The van der Waals surface area contributed by atoms with Crippen LogP contribution in [0.25, 0.3) is 6.08 Å². The number of carbonyl (C=O) groups excluding carboxylic acids is 1. The van der Waals surface area contributed by atoms with Crippen LogP contribution in [0.2, 0.25) is 5.02 Å². The van der Waals surface area contributed by atoms with Gasteiger partial charge in [0.25, 0.3) is 5.91 Å². The van der Waals surface area contributed by atoms with E-state index in [0.717, 1.165) is 52.4 Å². The van der Waals surface area contributed by atoms with E-state index >= 15 is 0 Å². The summed E-state index contributed by atoms with van der Waals surface area (Å²) in [4.78, 5) is 21.8. The number of rotatable bonds is 10. The van der Waals surface area contributed by atoms with Gasteiger partial charge in [-0.25, -0.2) is 0 Å². The SMILES string of the molecule is C=CCc1cc(C=C2SC(=NC3CCCCC3)N(C3CCCCC3)C2=O)cc(OCC)c1OCc1ccccc1Cl. The van der Waals surface area contributed by atoms with Crippen molar-refractivity contribution in [2.24, 2.45) is 4.99 Å². The molecule has 0 atom stereocenters. The standard InChI is InChI=1S/C34H41ClN2O3S/c1-3-13-25-20-24(21-30(39-4-2)32(25)40-23-26-14-11-12-19-29(26)35)22-31-33(38)37(28-17-9-6-10-18-28)34(41-31)36-27-15-7-5-8-16-27/h3,11-12,14,19-22,27-28H,1,4-10,13,15-18,23H2,2H3. The van der Waals surface area contributed by atoms with Crippen molar-refractivity contribution in [3.05, 3.63) is 75.7 Å². The molecule has 1 heterocycles. The van der Waals surface area contributed by atoms with Gasteiger partial charge in [-0.2, -0.15) is 0 Å². The van der Waals surface area contributed by atoms with Gasteiger partial charge >= 0.3 is 0 Å². The molecule has 0 spiro atoms. The molecular weight excluding hydrogens is 552 g/mol. The van der Waals surface area contributed by atoms with Gasteiger partial charge in [0.15, 0.2) is 16.7 Å². The zero-order valence-electron chi connectivity index (χ0n) is 24.1. The predicted octanol–water partition coefficient (Wildman–Crippen LogP) is 8.98. The third kappa shape index (κ3) is 7.39. The number of halogens is 1. The summed E-state index contributed by atoms with van der Waals surface area (Å²) in [6.07, 6.45) is 16.2. The van der Waals surface area contributed by atoms with E-state index in [4.69, 9.17) is 26.1 Å². The van der Waals surface area contributed by atoms with Crippen LogP contribution in [0.4, 0.5) is 0 Å². The third-order valence-corrected chi connectivity index (χ3v) is 9.46. The number of benzene rings is 2. The quantitative estimate of drug-likeness (QED) is 0.204. The van der Waals surface area contributed by atoms with Crippen molar-refractivity contribution < 1.29 is 14.3 Å². The molecule has 1 amide bonds. The fraction of sp³-hybridized carbons (Fsp3) is 0.471. The predicted molar refractivity (Wildman–Crippen MR) is 171 cm³/mol. The summed E-state index contributed by atoms with van der Waals surface area (Å²) in [7, 11) is 0. The van der Waals surface area contributed by atoms with Gasteiger partial charge in [-0.15, -0.1) is 6.58 Å². The van der Waals surface area contributed by atoms with Crippen molar-refractivity contribution in [2.75, 3.05) is 6.61 Å². The van der Waals surface area contributed by atoms with Crippen LogP contribution in [0.3, 0.4) is 0 Å². The lowest BCUT2D eigenvalue weighted by molar-refractivity contribution is -0.124. The highest BCUT2D eigenvalue weighted by Crippen LogP contribution is 2.40. The lowest BCUT2D eigenvalue weighted by Crippen LogP contribution is -2.41. The number of hydrogen-bond acceptors (Lipinski definition) is 5. The summed E-state index contributed by atoms with van der Waals surface area (Å²) in [6, 6.07) is 12.3. The number of aliphatic imine (C=N–C) groups is 1. The highest BCUT2D eigenvalue weighted by Gasteiger charge is 2.39. The monoisotopic (exact) mass is 592 g/mol. The molecule has 2 saturated carbocycles. The molecule has 2 aliphatic carbocycles. The van der Waals surface area contributed by atoms with Gasteiger partial charge in [-0.05, 0) is 80.6 Å². The molecule has 5 rings (SSSR count). The van der Waals surface area contributed by atoms with E-state index in [1.165, 1.54) is 38.5 Å².